The highest BCUT2D eigenvalue weighted by Gasteiger charge is 2.18. The van der Waals surface area contributed by atoms with Gasteiger partial charge in [0.25, 0.3) is 5.91 Å². The van der Waals surface area contributed by atoms with Crippen LogP contribution in [0, 0.1) is 5.82 Å². The average Bonchev–Trinajstić information content (AvgIpc) is 2.52. The van der Waals surface area contributed by atoms with Crippen molar-refractivity contribution in [2.45, 2.75) is 20.0 Å². The van der Waals surface area contributed by atoms with E-state index in [2.05, 4.69) is 5.32 Å². The standard InChI is InChI=1S/C17H17ClFNO3/c1-3-22-15-6-4-5-7-16(15)23-11(2)17(21)20-14-9-8-12(19)10-13(14)18/h4-11H,3H2,1-2H3,(H,20,21)/t11-/m1/s1. The molecule has 1 amide bonds. The molecule has 0 aliphatic carbocycles. The quantitative estimate of drug-likeness (QED) is 0.855. The fraction of sp³-hybridized carbons (Fsp3) is 0.235. The van der Waals surface area contributed by atoms with Crippen LogP contribution in [0.25, 0.3) is 0 Å². The molecule has 0 saturated carbocycles. The number of nitrogens with one attached hydrogen (secondary N) is 1. The summed E-state index contributed by atoms with van der Waals surface area (Å²) in [4.78, 5) is 12.2. The lowest BCUT2D eigenvalue weighted by Gasteiger charge is -2.17. The molecule has 4 nitrogen and oxygen atoms in total. The molecule has 0 aliphatic heterocycles. The van der Waals surface area contributed by atoms with Crippen molar-refractivity contribution in [3.63, 3.8) is 0 Å². The van der Waals surface area contributed by atoms with Gasteiger partial charge in [0.1, 0.15) is 5.82 Å². The second-order valence-corrected chi connectivity index (χ2v) is 5.16. The summed E-state index contributed by atoms with van der Waals surface area (Å²) < 4.78 is 24.1. The van der Waals surface area contributed by atoms with Crippen LogP contribution in [-0.4, -0.2) is 18.6 Å². The Morgan fingerprint density at radius 3 is 2.61 bits per heavy atom. The maximum atomic E-state index is 13.0. The molecule has 23 heavy (non-hydrogen) atoms. The molecule has 0 aliphatic rings. The zero-order valence-electron chi connectivity index (χ0n) is 12.8. The van der Waals surface area contributed by atoms with Gasteiger partial charge in [0.05, 0.1) is 17.3 Å². The van der Waals surface area contributed by atoms with E-state index in [1.54, 1.807) is 25.1 Å². The Morgan fingerprint density at radius 2 is 1.96 bits per heavy atom. The first kappa shape index (κ1) is 17.1. The molecule has 0 unspecified atom stereocenters. The van der Waals surface area contributed by atoms with Crippen molar-refractivity contribution in [1.29, 1.82) is 0 Å². The fourth-order valence-electron chi connectivity index (χ4n) is 1.89. The molecule has 2 rings (SSSR count). The van der Waals surface area contributed by atoms with Crippen LogP contribution in [-0.2, 0) is 4.79 Å². The van der Waals surface area contributed by atoms with Crippen LogP contribution in [0.1, 0.15) is 13.8 Å². The van der Waals surface area contributed by atoms with Crippen LogP contribution in [0.3, 0.4) is 0 Å². The van der Waals surface area contributed by atoms with Crippen LogP contribution in [0.5, 0.6) is 11.5 Å². The van der Waals surface area contributed by atoms with E-state index in [-0.39, 0.29) is 5.02 Å². The molecule has 0 fully saturated rings. The molecular formula is C17H17ClFNO3. The molecule has 0 radical (unpaired) electrons. The van der Waals surface area contributed by atoms with Crippen molar-refractivity contribution in [2.24, 2.45) is 0 Å². The molecule has 0 aromatic heterocycles. The monoisotopic (exact) mass is 337 g/mol. The fourth-order valence-corrected chi connectivity index (χ4v) is 2.11. The number of carbonyl (C=O) groups excluding carboxylic acids is 1. The summed E-state index contributed by atoms with van der Waals surface area (Å²) in [5.41, 5.74) is 0.326. The smallest absolute Gasteiger partial charge is 0.265 e. The van der Waals surface area contributed by atoms with Gasteiger partial charge in [-0.15, -0.1) is 0 Å². The zero-order valence-corrected chi connectivity index (χ0v) is 13.6. The van der Waals surface area contributed by atoms with E-state index >= 15 is 0 Å². The van der Waals surface area contributed by atoms with Crippen LogP contribution >= 0.6 is 11.6 Å². The minimum Gasteiger partial charge on any atom is -0.490 e. The summed E-state index contributed by atoms with van der Waals surface area (Å²) in [5.74, 6) is 0.171. The number of rotatable bonds is 6. The number of para-hydroxylation sites is 2. The van der Waals surface area contributed by atoms with Crippen LogP contribution in [0.15, 0.2) is 42.5 Å². The Labute approximate surface area is 139 Å². The van der Waals surface area contributed by atoms with E-state index in [1.807, 2.05) is 13.0 Å². The van der Waals surface area contributed by atoms with Gasteiger partial charge >= 0.3 is 0 Å². The molecule has 6 heteroatoms. The molecular weight excluding hydrogens is 321 g/mol. The van der Waals surface area contributed by atoms with Crippen LogP contribution < -0.4 is 14.8 Å². The van der Waals surface area contributed by atoms with Gasteiger partial charge in [-0.05, 0) is 44.2 Å². The molecule has 122 valence electrons. The predicted octanol–water partition coefficient (Wildman–Crippen LogP) is 4.28. The lowest BCUT2D eigenvalue weighted by Crippen LogP contribution is -2.30. The largest absolute Gasteiger partial charge is 0.490 e. The maximum absolute atomic E-state index is 13.0. The van der Waals surface area contributed by atoms with Gasteiger partial charge in [-0.2, -0.15) is 0 Å². The third-order valence-corrected chi connectivity index (χ3v) is 3.32. The molecule has 0 bridgehead atoms. The normalized spacial score (nSPS) is 11.7. The van der Waals surface area contributed by atoms with E-state index in [4.69, 9.17) is 21.1 Å². The number of carbonyl (C=O) groups is 1. The Morgan fingerprint density at radius 1 is 1.26 bits per heavy atom. The zero-order chi connectivity index (χ0) is 16.8. The van der Waals surface area contributed by atoms with Gasteiger partial charge in [-0.1, -0.05) is 23.7 Å². The van der Waals surface area contributed by atoms with Crippen molar-refractivity contribution < 1.29 is 18.7 Å². The average molecular weight is 338 g/mol. The van der Waals surface area contributed by atoms with Crippen molar-refractivity contribution in [3.8, 4) is 11.5 Å². The second kappa shape index (κ2) is 7.83. The van der Waals surface area contributed by atoms with Crippen molar-refractivity contribution in [3.05, 3.63) is 53.3 Å². The minimum atomic E-state index is -0.780. The molecule has 1 atom stereocenters. The van der Waals surface area contributed by atoms with Crippen molar-refractivity contribution in [1.82, 2.24) is 0 Å². The van der Waals surface area contributed by atoms with Crippen molar-refractivity contribution in [2.75, 3.05) is 11.9 Å². The summed E-state index contributed by atoms with van der Waals surface area (Å²) in [5, 5.41) is 2.73. The van der Waals surface area contributed by atoms with E-state index in [0.717, 1.165) is 6.07 Å². The first-order valence-electron chi connectivity index (χ1n) is 7.15. The first-order valence-corrected chi connectivity index (χ1v) is 7.53. The van der Waals surface area contributed by atoms with Crippen LogP contribution in [0.4, 0.5) is 10.1 Å². The summed E-state index contributed by atoms with van der Waals surface area (Å²) >= 11 is 5.89. The lowest BCUT2D eigenvalue weighted by molar-refractivity contribution is -0.122. The molecule has 0 spiro atoms. The molecule has 2 aromatic carbocycles. The number of amides is 1. The number of benzene rings is 2. The Kier molecular flexibility index (Phi) is 5.82. The van der Waals surface area contributed by atoms with Gasteiger partial charge in [-0.25, -0.2) is 4.39 Å². The van der Waals surface area contributed by atoms with Crippen molar-refractivity contribution >= 4 is 23.2 Å². The number of hydrogen-bond acceptors (Lipinski definition) is 3. The molecule has 1 N–H and O–H groups in total. The minimum absolute atomic E-state index is 0.125. The number of hydrogen-bond donors (Lipinski definition) is 1. The Hall–Kier alpha value is -2.27. The summed E-state index contributed by atoms with van der Waals surface area (Å²) in [6.45, 7) is 3.96. The lowest BCUT2D eigenvalue weighted by atomic mass is 10.2. The van der Waals surface area contributed by atoms with E-state index < -0.39 is 17.8 Å². The van der Waals surface area contributed by atoms with Gasteiger partial charge in [0.15, 0.2) is 17.6 Å². The maximum Gasteiger partial charge on any atom is 0.265 e. The third-order valence-electron chi connectivity index (χ3n) is 3.01. The van der Waals surface area contributed by atoms with Gasteiger partial charge in [-0.3, -0.25) is 4.79 Å². The summed E-state index contributed by atoms with van der Waals surface area (Å²) in [6.07, 6.45) is -0.780. The van der Waals surface area contributed by atoms with E-state index in [0.29, 0.717) is 23.8 Å². The first-order chi connectivity index (χ1) is 11.0. The van der Waals surface area contributed by atoms with E-state index in [1.165, 1.54) is 12.1 Å². The Bertz CT molecular complexity index is 693. The summed E-state index contributed by atoms with van der Waals surface area (Å²) in [7, 11) is 0. The van der Waals surface area contributed by atoms with Gasteiger partial charge in [0.2, 0.25) is 0 Å². The van der Waals surface area contributed by atoms with Gasteiger partial charge in [0, 0.05) is 0 Å². The number of halogens is 2. The summed E-state index contributed by atoms with van der Waals surface area (Å²) in [6, 6.07) is 10.8. The predicted molar refractivity (Wildman–Crippen MR) is 87.7 cm³/mol. The van der Waals surface area contributed by atoms with E-state index in [9.17, 15) is 9.18 Å². The highest BCUT2D eigenvalue weighted by atomic mass is 35.5. The molecule has 2 aromatic rings. The molecule has 0 saturated heterocycles. The Balaban J connectivity index is 2.05. The molecule has 0 heterocycles. The highest BCUT2D eigenvalue weighted by Crippen LogP contribution is 2.28. The topological polar surface area (TPSA) is 47.6 Å². The SMILES string of the molecule is CCOc1ccccc1O[C@H](C)C(=O)Nc1ccc(F)cc1Cl. The van der Waals surface area contributed by atoms with Gasteiger partial charge < -0.3 is 14.8 Å². The second-order valence-electron chi connectivity index (χ2n) is 4.75. The van der Waals surface area contributed by atoms with Crippen LogP contribution in [0.2, 0.25) is 5.02 Å². The highest BCUT2D eigenvalue weighted by molar-refractivity contribution is 6.33. The number of anilines is 1. The third kappa shape index (κ3) is 4.60. The number of ether oxygens (including phenoxy) is 2.